The van der Waals surface area contributed by atoms with Crippen molar-refractivity contribution in [1.82, 2.24) is 15.3 Å². The number of carbonyl (C=O) groups is 1. The molecule has 4 aromatic rings. The van der Waals surface area contributed by atoms with E-state index < -0.39 is 5.91 Å². The van der Waals surface area contributed by atoms with Crippen molar-refractivity contribution in [3.8, 4) is 11.8 Å². The molecule has 0 radical (unpaired) electrons. The Morgan fingerprint density at radius 1 is 1.03 bits per heavy atom. The first-order valence-corrected chi connectivity index (χ1v) is 13.2. The summed E-state index contributed by atoms with van der Waals surface area (Å²) < 4.78 is 11.4. The molecule has 9 heteroatoms. The first-order valence-electron chi connectivity index (χ1n) is 13.2. The van der Waals surface area contributed by atoms with Gasteiger partial charge in [0.25, 0.3) is 0 Å². The number of rotatable bonds is 15. The fourth-order valence-electron chi connectivity index (χ4n) is 4.44. The Kier molecular flexibility index (Phi) is 10.0. The normalized spacial score (nSPS) is 11.0. The van der Waals surface area contributed by atoms with Gasteiger partial charge in [-0.1, -0.05) is 12.1 Å². The number of hydrogen-bond donors (Lipinski definition) is 3. The van der Waals surface area contributed by atoms with Crippen LogP contribution in [0.2, 0.25) is 0 Å². The van der Waals surface area contributed by atoms with Crippen LogP contribution < -0.4 is 21.1 Å². The Morgan fingerprint density at radius 3 is 2.72 bits per heavy atom. The average Bonchev–Trinajstić information content (AvgIpc) is 2.94. The van der Waals surface area contributed by atoms with Crippen molar-refractivity contribution < 1.29 is 14.3 Å². The van der Waals surface area contributed by atoms with Crippen molar-refractivity contribution >= 4 is 33.4 Å². The average molecular weight is 527 g/mol. The number of carbonyl (C=O) groups excluding carboxylic acids is 1. The van der Waals surface area contributed by atoms with Gasteiger partial charge >= 0.3 is 0 Å². The molecule has 0 aliphatic heterocycles. The number of hydrogen-bond acceptors (Lipinski definition) is 8. The van der Waals surface area contributed by atoms with E-state index in [0.717, 1.165) is 64.8 Å². The molecule has 0 unspecified atom stereocenters. The Bertz CT molecular complexity index is 1470. The maximum absolute atomic E-state index is 11.6. The van der Waals surface area contributed by atoms with E-state index >= 15 is 0 Å². The summed E-state index contributed by atoms with van der Waals surface area (Å²) in [5.41, 5.74) is 8.65. The molecule has 0 aliphatic carbocycles. The lowest BCUT2D eigenvalue weighted by atomic mass is 10.1. The predicted molar refractivity (Wildman–Crippen MR) is 153 cm³/mol. The van der Waals surface area contributed by atoms with Gasteiger partial charge in [0.1, 0.15) is 11.6 Å². The fraction of sp³-hybridized carbons (Fsp3) is 0.333. The van der Waals surface area contributed by atoms with Crippen molar-refractivity contribution in [2.75, 3.05) is 38.2 Å². The first-order chi connectivity index (χ1) is 19.1. The molecule has 202 valence electrons. The molecule has 0 bridgehead atoms. The standard InChI is InChI=1S/C30H34N6O3/c1-2-39-24-16-21(7-9-31)15-22(17-24)19-33-10-3-4-13-38-14-12-35-30-26-8-11-34-20-27(26)25-6-5-23(29(32)37)18-28(25)36-30/h5-6,8,11,15-18,20,33H,2-4,7,10,12-14,19H2,1H3,(H2,32,37)(H,35,36). The first kappa shape index (κ1) is 27.8. The van der Waals surface area contributed by atoms with Crippen LogP contribution in [0.5, 0.6) is 5.75 Å². The topological polar surface area (TPSA) is 135 Å². The molecule has 2 aromatic heterocycles. The van der Waals surface area contributed by atoms with Gasteiger partial charge in [-0.15, -0.1) is 0 Å². The highest BCUT2D eigenvalue weighted by Crippen LogP contribution is 2.29. The largest absolute Gasteiger partial charge is 0.494 e. The Balaban J connectivity index is 1.19. The van der Waals surface area contributed by atoms with Crippen LogP contribution >= 0.6 is 0 Å². The van der Waals surface area contributed by atoms with Crippen LogP contribution in [-0.2, 0) is 17.7 Å². The third kappa shape index (κ3) is 7.63. The summed E-state index contributed by atoms with van der Waals surface area (Å²) in [5.74, 6) is 1.05. The predicted octanol–water partition coefficient (Wildman–Crippen LogP) is 4.35. The highest BCUT2D eigenvalue weighted by molar-refractivity contribution is 6.11. The van der Waals surface area contributed by atoms with Crippen LogP contribution in [0.1, 0.15) is 41.3 Å². The van der Waals surface area contributed by atoms with Gasteiger partial charge < -0.3 is 25.8 Å². The van der Waals surface area contributed by atoms with Crippen LogP contribution in [0.4, 0.5) is 5.82 Å². The summed E-state index contributed by atoms with van der Waals surface area (Å²) in [4.78, 5) is 20.6. The van der Waals surface area contributed by atoms with E-state index in [1.165, 1.54) is 0 Å². The van der Waals surface area contributed by atoms with Gasteiger partial charge in [-0.3, -0.25) is 9.78 Å². The summed E-state index contributed by atoms with van der Waals surface area (Å²) in [6.45, 7) is 5.99. The maximum atomic E-state index is 11.6. The second kappa shape index (κ2) is 14.0. The number of amides is 1. The second-order valence-electron chi connectivity index (χ2n) is 9.15. The molecule has 2 heterocycles. The van der Waals surface area contributed by atoms with Gasteiger partial charge in [0, 0.05) is 53.8 Å². The molecule has 0 atom stereocenters. The smallest absolute Gasteiger partial charge is 0.248 e. The molecular weight excluding hydrogens is 492 g/mol. The number of aromatic nitrogens is 2. The lowest BCUT2D eigenvalue weighted by Gasteiger charge is -2.12. The number of nitrogens with one attached hydrogen (secondary N) is 2. The molecule has 1 amide bonds. The third-order valence-corrected chi connectivity index (χ3v) is 6.26. The minimum Gasteiger partial charge on any atom is -0.494 e. The molecule has 2 aromatic carbocycles. The molecule has 0 aliphatic rings. The molecule has 0 saturated carbocycles. The van der Waals surface area contributed by atoms with Crippen LogP contribution in [0.15, 0.2) is 54.9 Å². The molecule has 4 rings (SSSR count). The number of ether oxygens (including phenoxy) is 2. The lowest BCUT2D eigenvalue weighted by molar-refractivity contribution is 0.100. The molecule has 9 nitrogen and oxygen atoms in total. The number of nitriles is 1. The molecular formula is C30H34N6O3. The third-order valence-electron chi connectivity index (χ3n) is 6.26. The van der Waals surface area contributed by atoms with Gasteiger partial charge in [0.05, 0.1) is 31.2 Å². The lowest BCUT2D eigenvalue weighted by Crippen LogP contribution is -2.16. The van der Waals surface area contributed by atoms with Gasteiger partial charge in [-0.2, -0.15) is 5.26 Å². The zero-order chi connectivity index (χ0) is 27.5. The quantitative estimate of drug-likeness (QED) is 0.154. The van der Waals surface area contributed by atoms with E-state index in [2.05, 4.69) is 27.8 Å². The number of anilines is 1. The van der Waals surface area contributed by atoms with Gasteiger partial charge in [0.2, 0.25) is 5.91 Å². The fourth-order valence-corrected chi connectivity index (χ4v) is 4.44. The van der Waals surface area contributed by atoms with Gasteiger partial charge in [0.15, 0.2) is 0 Å². The summed E-state index contributed by atoms with van der Waals surface area (Å²) in [6.07, 6.45) is 5.87. The monoisotopic (exact) mass is 526 g/mol. The zero-order valence-corrected chi connectivity index (χ0v) is 22.2. The minimum atomic E-state index is -0.483. The zero-order valence-electron chi connectivity index (χ0n) is 22.2. The highest BCUT2D eigenvalue weighted by atomic mass is 16.5. The van der Waals surface area contributed by atoms with Crippen LogP contribution in [0, 0.1) is 11.3 Å². The number of nitrogens with zero attached hydrogens (tertiary/aromatic N) is 3. The van der Waals surface area contributed by atoms with Crippen molar-refractivity contribution in [2.24, 2.45) is 5.73 Å². The summed E-state index contributed by atoms with van der Waals surface area (Å²) in [6, 6.07) is 15.4. The molecule has 0 spiro atoms. The van der Waals surface area contributed by atoms with Crippen LogP contribution in [-0.4, -0.2) is 48.8 Å². The maximum Gasteiger partial charge on any atom is 0.248 e. The van der Waals surface area contributed by atoms with E-state index in [0.29, 0.717) is 43.9 Å². The van der Waals surface area contributed by atoms with E-state index in [1.54, 1.807) is 24.5 Å². The molecule has 4 N–H and O–H groups in total. The second-order valence-corrected chi connectivity index (χ2v) is 9.15. The van der Waals surface area contributed by atoms with E-state index in [-0.39, 0.29) is 0 Å². The number of fused-ring (bicyclic) bond motifs is 3. The molecule has 0 saturated heterocycles. The Morgan fingerprint density at radius 2 is 1.90 bits per heavy atom. The SMILES string of the molecule is CCOc1cc(CC#N)cc(CNCCCCOCCNc2nc3cc(C(N)=O)ccc3c3cnccc23)c1. The van der Waals surface area contributed by atoms with Crippen molar-refractivity contribution in [3.05, 3.63) is 71.5 Å². The number of nitrogens with two attached hydrogens (primary N) is 1. The number of benzene rings is 2. The number of pyridine rings is 2. The molecule has 39 heavy (non-hydrogen) atoms. The van der Waals surface area contributed by atoms with Gasteiger partial charge in [-0.05, 0) is 67.8 Å². The van der Waals surface area contributed by atoms with E-state index in [9.17, 15) is 4.79 Å². The van der Waals surface area contributed by atoms with Crippen LogP contribution in [0.25, 0.3) is 21.7 Å². The van der Waals surface area contributed by atoms with Crippen molar-refractivity contribution in [1.29, 1.82) is 5.26 Å². The van der Waals surface area contributed by atoms with Crippen LogP contribution in [0.3, 0.4) is 0 Å². The summed E-state index contributed by atoms with van der Waals surface area (Å²) >= 11 is 0. The number of unbranched alkanes of at least 4 members (excludes halogenated alkanes) is 1. The summed E-state index contributed by atoms with van der Waals surface area (Å²) in [5, 5.41) is 18.7. The van der Waals surface area contributed by atoms with Crippen molar-refractivity contribution in [3.63, 3.8) is 0 Å². The minimum absolute atomic E-state index is 0.376. The Hall–Kier alpha value is -4.26. The van der Waals surface area contributed by atoms with Crippen molar-refractivity contribution in [2.45, 2.75) is 32.7 Å². The van der Waals surface area contributed by atoms with Gasteiger partial charge in [-0.25, -0.2) is 4.98 Å². The molecule has 0 fully saturated rings. The Labute approximate surface area is 228 Å². The van der Waals surface area contributed by atoms with E-state index in [1.807, 2.05) is 31.2 Å². The van der Waals surface area contributed by atoms with E-state index in [4.69, 9.17) is 25.5 Å². The number of primary amides is 1. The summed E-state index contributed by atoms with van der Waals surface area (Å²) in [7, 11) is 0. The highest BCUT2D eigenvalue weighted by Gasteiger charge is 2.10.